The van der Waals surface area contributed by atoms with Gasteiger partial charge in [-0.2, -0.15) is 0 Å². The van der Waals surface area contributed by atoms with Gasteiger partial charge in [0.25, 0.3) is 0 Å². The van der Waals surface area contributed by atoms with Gasteiger partial charge in [-0.1, -0.05) is 12.1 Å². The maximum absolute atomic E-state index is 12.1. The third kappa shape index (κ3) is 5.70. The average molecular weight is 389 g/mol. The van der Waals surface area contributed by atoms with Crippen molar-refractivity contribution >= 4 is 21.6 Å². The lowest BCUT2D eigenvalue weighted by Crippen LogP contribution is -2.30. The molecular formula is C19H23N3O4S. The minimum Gasteiger partial charge on any atom is -0.494 e. The zero-order valence-corrected chi connectivity index (χ0v) is 15.9. The number of sulfonamides is 1. The van der Waals surface area contributed by atoms with Crippen molar-refractivity contribution < 1.29 is 17.9 Å². The maximum Gasteiger partial charge on any atom is 0.242 e. The number of ether oxygens (including phenoxy) is 1. The SMILES string of the molecule is CCOc1ccc(CC(=O)NNc2ccc(S(=O)(=O)NC3CC3)cc2)cc1. The monoisotopic (exact) mass is 389 g/mol. The normalized spacial score (nSPS) is 13.8. The lowest BCUT2D eigenvalue weighted by molar-refractivity contribution is -0.119. The molecule has 0 spiro atoms. The molecule has 0 unspecified atom stereocenters. The van der Waals surface area contributed by atoms with Crippen LogP contribution in [0.3, 0.4) is 0 Å². The van der Waals surface area contributed by atoms with Crippen LogP contribution in [0, 0.1) is 0 Å². The Morgan fingerprint density at radius 2 is 1.74 bits per heavy atom. The molecule has 7 nitrogen and oxygen atoms in total. The Bertz CT molecular complexity index is 876. The predicted octanol–water partition coefficient (Wildman–Crippen LogP) is 2.21. The molecule has 3 rings (SSSR count). The zero-order valence-electron chi connectivity index (χ0n) is 15.1. The van der Waals surface area contributed by atoms with E-state index in [4.69, 9.17) is 4.74 Å². The summed E-state index contributed by atoms with van der Waals surface area (Å²) in [6, 6.07) is 13.6. The second kappa shape index (κ2) is 8.41. The number of nitrogens with one attached hydrogen (secondary N) is 3. The summed E-state index contributed by atoms with van der Waals surface area (Å²) in [6.07, 6.45) is 2.00. The second-order valence-corrected chi connectivity index (χ2v) is 8.06. The summed E-state index contributed by atoms with van der Waals surface area (Å²) < 4.78 is 32.2. The molecule has 0 atom stereocenters. The van der Waals surface area contributed by atoms with Crippen molar-refractivity contribution in [2.45, 2.75) is 37.1 Å². The highest BCUT2D eigenvalue weighted by molar-refractivity contribution is 7.89. The number of carbonyl (C=O) groups excluding carboxylic acids is 1. The minimum absolute atomic E-state index is 0.0645. The molecule has 27 heavy (non-hydrogen) atoms. The number of hydrogen-bond acceptors (Lipinski definition) is 5. The quantitative estimate of drug-likeness (QED) is 0.572. The van der Waals surface area contributed by atoms with Gasteiger partial charge < -0.3 is 4.74 Å². The molecule has 1 saturated carbocycles. The van der Waals surface area contributed by atoms with E-state index in [1.54, 1.807) is 12.1 Å². The maximum atomic E-state index is 12.1. The van der Waals surface area contributed by atoms with E-state index in [9.17, 15) is 13.2 Å². The van der Waals surface area contributed by atoms with Gasteiger partial charge in [0, 0.05) is 6.04 Å². The Hall–Kier alpha value is -2.58. The van der Waals surface area contributed by atoms with Gasteiger partial charge in [0.05, 0.1) is 23.6 Å². The highest BCUT2D eigenvalue weighted by Crippen LogP contribution is 2.22. The first kappa shape index (κ1) is 19.2. The van der Waals surface area contributed by atoms with Gasteiger partial charge in [-0.3, -0.25) is 15.6 Å². The number of hydrazine groups is 1. The molecule has 0 aromatic heterocycles. The van der Waals surface area contributed by atoms with E-state index >= 15 is 0 Å². The van der Waals surface area contributed by atoms with Crippen LogP contribution in [0.15, 0.2) is 53.4 Å². The van der Waals surface area contributed by atoms with Crippen LogP contribution in [0.4, 0.5) is 5.69 Å². The van der Waals surface area contributed by atoms with Crippen LogP contribution < -0.4 is 20.3 Å². The number of benzene rings is 2. The lowest BCUT2D eigenvalue weighted by atomic mass is 10.1. The van der Waals surface area contributed by atoms with Crippen molar-refractivity contribution in [3.05, 3.63) is 54.1 Å². The summed E-state index contributed by atoms with van der Waals surface area (Å²) in [7, 11) is -3.47. The molecule has 2 aromatic rings. The third-order valence-corrected chi connectivity index (χ3v) is 5.55. The van der Waals surface area contributed by atoms with Crippen molar-refractivity contribution in [3.63, 3.8) is 0 Å². The number of carbonyl (C=O) groups is 1. The van der Waals surface area contributed by atoms with Gasteiger partial charge in [0.1, 0.15) is 5.75 Å². The topological polar surface area (TPSA) is 96.5 Å². The summed E-state index contributed by atoms with van der Waals surface area (Å²) in [5, 5.41) is 0. The second-order valence-electron chi connectivity index (χ2n) is 6.35. The van der Waals surface area contributed by atoms with E-state index in [1.165, 1.54) is 12.1 Å². The van der Waals surface area contributed by atoms with Crippen LogP contribution >= 0.6 is 0 Å². The Labute approximate surface area is 159 Å². The first-order chi connectivity index (χ1) is 13.0. The Balaban J connectivity index is 1.49. The summed E-state index contributed by atoms with van der Waals surface area (Å²) in [5.74, 6) is 0.567. The molecule has 2 aromatic carbocycles. The number of hydrogen-bond donors (Lipinski definition) is 3. The fraction of sp³-hybridized carbons (Fsp3) is 0.316. The van der Waals surface area contributed by atoms with Crippen LogP contribution in [-0.2, 0) is 21.2 Å². The van der Waals surface area contributed by atoms with E-state index in [2.05, 4.69) is 15.6 Å². The van der Waals surface area contributed by atoms with Gasteiger partial charge >= 0.3 is 0 Å². The fourth-order valence-electron chi connectivity index (χ4n) is 2.45. The molecule has 144 valence electrons. The first-order valence-electron chi connectivity index (χ1n) is 8.85. The molecule has 0 saturated heterocycles. The molecule has 8 heteroatoms. The minimum atomic E-state index is -3.47. The Morgan fingerprint density at radius 1 is 1.07 bits per heavy atom. The van der Waals surface area contributed by atoms with E-state index in [-0.39, 0.29) is 23.3 Å². The van der Waals surface area contributed by atoms with Crippen molar-refractivity contribution in [2.24, 2.45) is 0 Å². The zero-order chi connectivity index (χ0) is 19.3. The van der Waals surface area contributed by atoms with Crippen LogP contribution in [-0.4, -0.2) is 27.0 Å². The molecule has 0 aliphatic heterocycles. The van der Waals surface area contributed by atoms with E-state index < -0.39 is 10.0 Å². The molecule has 1 aliphatic rings. The molecule has 3 N–H and O–H groups in total. The van der Waals surface area contributed by atoms with Gasteiger partial charge in [-0.25, -0.2) is 13.1 Å². The first-order valence-corrected chi connectivity index (χ1v) is 10.3. The Kier molecular flexibility index (Phi) is 5.98. The summed E-state index contributed by atoms with van der Waals surface area (Å²) >= 11 is 0. The fourth-order valence-corrected chi connectivity index (χ4v) is 3.75. The molecular weight excluding hydrogens is 366 g/mol. The predicted molar refractivity (Wildman–Crippen MR) is 103 cm³/mol. The number of amides is 1. The smallest absolute Gasteiger partial charge is 0.242 e. The van der Waals surface area contributed by atoms with Crippen LogP contribution in [0.25, 0.3) is 0 Å². The highest BCUT2D eigenvalue weighted by atomic mass is 32.2. The summed E-state index contributed by atoms with van der Waals surface area (Å²) in [4.78, 5) is 12.2. The number of anilines is 1. The van der Waals surface area contributed by atoms with Crippen molar-refractivity contribution in [3.8, 4) is 5.75 Å². The molecule has 1 fully saturated rings. The molecule has 0 radical (unpaired) electrons. The van der Waals surface area contributed by atoms with Gasteiger partial charge in [0.2, 0.25) is 15.9 Å². The van der Waals surface area contributed by atoms with E-state index in [0.717, 1.165) is 24.2 Å². The highest BCUT2D eigenvalue weighted by Gasteiger charge is 2.27. The summed E-state index contributed by atoms with van der Waals surface area (Å²) in [5.41, 5.74) is 6.85. The van der Waals surface area contributed by atoms with Gasteiger partial charge in [-0.05, 0) is 61.7 Å². The summed E-state index contributed by atoms with van der Waals surface area (Å²) in [6.45, 7) is 2.51. The van der Waals surface area contributed by atoms with E-state index in [1.807, 2.05) is 31.2 Å². The molecule has 1 aliphatic carbocycles. The Morgan fingerprint density at radius 3 is 2.33 bits per heavy atom. The standard InChI is InChI=1S/C19H23N3O4S/c1-2-26-17-9-3-14(4-10-17)13-19(23)21-20-15-7-11-18(12-8-15)27(24,25)22-16-5-6-16/h3-4,7-12,16,20,22H,2,5-6,13H2,1H3,(H,21,23). The van der Waals surface area contributed by atoms with Crippen LogP contribution in [0.2, 0.25) is 0 Å². The molecule has 0 bridgehead atoms. The van der Waals surface area contributed by atoms with Crippen molar-refractivity contribution in [1.29, 1.82) is 0 Å². The van der Waals surface area contributed by atoms with E-state index in [0.29, 0.717) is 12.3 Å². The lowest BCUT2D eigenvalue weighted by Gasteiger charge is -2.10. The molecule has 1 amide bonds. The third-order valence-electron chi connectivity index (χ3n) is 4.01. The van der Waals surface area contributed by atoms with Crippen molar-refractivity contribution in [1.82, 2.24) is 10.1 Å². The number of rotatable bonds is 9. The van der Waals surface area contributed by atoms with Crippen LogP contribution in [0.5, 0.6) is 5.75 Å². The van der Waals surface area contributed by atoms with Gasteiger partial charge in [-0.15, -0.1) is 0 Å². The van der Waals surface area contributed by atoms with Gasteiger partial charge in [0.15, 0.2) is 0 Å². The van der Waals surface area contributed by atoms with Crippen molar-refractivity contribution in [2.75, 3.05) is 12.0 Å². The molecule has 0 heterocycles. The van der Waals surface area contributed by atoms with Crippen LogP contribution in [0.1, 0.15) is 25.3 Å². The average Bonchev–Trinajstić information content (AvgIpc) is 3.45. The largest absolute Gasteiger partial charge is 0.494 e.